The van der Waals surface area contributed by atoms with E-state index >= 15 is 0 Å². The highest BCUT2D eigenvalue weighted by molar-refractivity contribution is 5.84. The third kappa shape index (κ3) is 4.55. The minimum atomic E-state index is -0.231. The predicted molar refractivity (Wildman–Crippen MR) is 92.7 cm³/mol. The van der Waals surface area contributed by atoms with Crippen LogP contribution in [0.1, 0.15) is 32.1 Å². The van der Waals surface area contributed by atoms with E-state index in [1.54, 1.807) is 0 Å². The number of hydrogen-bond acceptors (Lipinski definition) is 3. The Balaban J connectivity index is 1.46. The number of fused-ring (bicyclic) bond motifs is 1. The summed E-state index contributed by atoms with van der Waals surface area (Å²) in [5.41, 5.74) is 2.54. The van der Waals surface area contributed by atoms with Gasteiger partial charge in [0.15, 0.2) is 6.61 Å². The molecule has 1 fully saturated rings. The Morgan fingerprint density at radius 2 is 1.91 bits per heavy atom. The molecule has 0 unspecified atom stereocenters. The zero-order valence-electron chi connectivity index (χ0n) is 13.2. The van der Waals surface area contributed by atoms with Gasteiger partial charge >= 0.3 is 0 Å². The maximum absolute atomic E-state index is 11.8. The van der Waals surface area contributed by atoms with E-state index in [4.69, 9.17) is 4.74 Å². The van der Waals surface area contributed by atoms with Crippen LogP contribution in [0.5, 0.6) is 5.75 Å². The molecule has 4 nitrogen and oxygen atoms in total. The largest absolute Gasteiger partial charge is 0.484 e. The molecule has 1 saturated carbocycles. The summed E-state index contributed by atoms with van der Waals surface area (Å²) in [6.45, 7) is -0.0274. The third-order valence-corrected chi connectivity index (χ3v) is 4.22. The summed E-state index contributed by atoms with van der Waals surface area (Å²) in [6, 6.07) is 13.9. The lowest BCUT2D eigenvalue weighted by Gasteiger charge is -2.16. The second kappa shape index (κ2) is 7.77. The molecular formula is C19H22N2O2. The molecule has 0 radical (unpaired) electrons. The molecule has 0 saturated heterocycles. The van der Waals surface area contributed by atoms with E-state index in [0.29, 0.717) is 11.7 Å². The van der Waals surface area contributed by atoms with Crippen molar-refractivity contribution in [3.63, 3.8) is 0 Å². The molecule has 0 aromatic heterocycles. The van der Waals surface area contributed by atoms with Crippen LogP contribution in [0.25, 0.3) is 10.8 Å². The van der Waals surface area contributed by atoms with Crippen LogP contribution >= 0.6 is 0 Å². The summed E-state index contributed by atoms with van der Waals surface area (Å²) in [5, 5.41) is 6.30. The van der Waals surface area contributed by atoms with Gasteiger partial charge in [-0.2, -0.15) is 5.10 Å². The molecule has 2 aromatic carbocycles. The van der Waals surface area contributed by atoms with E-state index in [1.807, 2.05) is 48.7 Å². The van der Waals surface area contributed by atoms with Crippen molar-refractivity contribution in [1.29, 1.82) is 0 Å². The van der Waals surface area contributed by atoms with Crippen molar-refractivity contribution in [2.75, 3.05) is 6.61 Å². The van der Waals surface area contributed by atoms with Gasteiger partial charge in [0.1, 0.15) is 5.75 Å². The lowest BCUT2D eigenvalue weighted by molar-refractivity contribution is -0.123. The Kier molecular flexibility index (Phi) is 5.25. The van der Waals surface area contributed by atoms with Gasteiger partial charge in [-0.25, -0.2) is 5.43 Å². The van der Waals surface area contributed by atoms with Gasteiger partial charge in [0.25, 0.3) is 5.91 Å². The Bertz CT molecular complexity index is 691. The summed E-state index contributed by atoms with van der Waals surface area (Å²) in [4.78, 5) is 11.8. The SMILES string of the molecule is O=C(COc1ccc2ccccc2c1)NN=CC1CCCCC1. The molecule has 0 atom stereocenters. The number of carbonyl (C=O) groups excluding carboxylic acids is 1. The number of nitrogens with zero attached hydrogens (tertiary/aromatic N) is 1. The van der Waals surface area contributed by atoms with Gasteiger partial charge in [-0.3, -0.25) is 4.79 Å². The zero-order valence-corrected chi connectivity index (χ0v) is 13.2. The number of nitrogens with one attached hydrogen (secondary N) is 1. The van der Waals surface area contributed by atoms with E-state index in [1.165, 1.54) is 32.1 Å². The number of amides is 1. The Hall–Kier alpha value is -2.36. The maximum Gasteiger partial charge on any atom is 0.277 e. The molecule has 0 heterocycles. The minimum Gasteiger partial charge on any atom is -0.484 e. The number of benzene rings is 2. The summed E-state index contributed by atoms with van der Waals surface area (Å²) < 4.78 is 5.53. The average Bonchev–Trinajstić information content (AvgIpc) is 2.61. The molecule has 0 spiro atoms. The smallest absolute Gasteiger partial charge is 0.277 e. The molecule has 0 bridgehead atoms. The number of hydrazone groups is 1. The van der Waals surface area contributed by atoms with Crippen molar-refractivity contribution in [3.8, 4) is 5.75 Å². The topological polar surface area (TPSA) is 50.7 Å². The molecule has 1 N–H and O–H groups in total. The second-order valence-electron chi connectivity index (χ2n) is 6.01. The molecule has 1 amide bonds. The molecule has 23 heavy (non-hydrogen) atoms. The first kappa shape index (κ1) is 15.5. The van der Waals surface area contributed by atoms with Crippen LogP contribution in [-0.4, -0.2) is 18.7 Å². The van der Waals surface area contributed by atoms with Crippen LogP contribution in [0, 0.1) is 5.92 Å². The van der Waals surface area contributed by atoms with Crippen LogP contribution in [-0.2, 0) is 4.79 Å². The summed E-state index contributed by atoms with van der Waals surface area (Å²) in [5.74, 6) is 0.964. The number of hydrogen-bond donors (Lipinski definition) is 1. The molecule has 2 aromatic rings. The van der Waals surface area contributed by atoms with E-state index in [0.717, 1.165) is 10.8 Å². The lowest BCUT2D eigenvalue weighted by Crippen LogP contribution is -2.25. The van der Waals surface area contributed by atoms with Crippen LogP contribution < -0.4 is 10.2 Å². The molecule has 0 aliphatic heterocycles. The van der Waals surface area contributed by atoms with Gasteiger partial charge < -0.3 is 4.74 Å². The van der Waals surface area contributed by atoms with Crippen molar-refractivity contribution >= 4 is 22.9 Å². The van der Waals surface area contributed by atoms with Crippen molar-refractivity contribution < 1.29 is 9.53 Å². The first-order chi connectivity index (χ1) is 11.3. The standard InChI is InChI=1S/C19H22N2O2/c22-19(21-20-13-15-6-2-1-3-7-15)14-23-18-11-10-16-8-4-5-9-17(16)12-18/h4-5,8-13,15H,1-3,6-7,14H2,(H,21,22). The number of carbonyl (C=O) groups is 1. The van der Waals surface area contributed by atoms with E-state index in [9.17, 15) is 4.79 Å². The highest BCUT2D eigenvalue weighted by Crippen LogP contribution is 2.22. The fourth-order valence-corrected chi connectivity index (χ4v) is 2.94. The Morgan fingerprint density at radius 1 is 1.13 bits per heavy atom. The van der Waals surface area contributed by atoms with E-state index < -0.39 is 0 Å². The second-order valence-corrected chi connectivity index (χ2v) is 6.01. The predicted octanol–water partition coefficient (Wildman–Crippen LogP) is 3.90. The molecule has 120 valence electrons. The van der Waals surface area contributed by atoms with Crippen molar-refractivity contribution in [2.24, 2.45) is 11.0 Å². The fraction of sp³-hybridized carbons (Fsp3) is 0.368. The van der Waals surface area contributed by atoms with Gasteiger partial charge in [0, 0.05) is 6.21 Å². The molecule has 4 heteroatoms. The van der Waals surface area contributed by atoms with Crippen molar-refractivity contribution in [2.45, 2.75) is 32.1 Å². The molecule has 3 rings (SSSR count). The van der Waals surface area contributed by atoms with Crippen LogP contribution in [0.3, 0.4) is 0 Å². The van der Waals surface area contributed by atoms with Gasteiger partial charge in [0.2, 0.25) is 0 Å². The maximum atomic E-state index is 11.8. The molecular weight excluding hydrogens is 288 g/mol. The molecule has 1 aliphatic rings. The Morgan fingerprint density at radius 3 is 2.74 bits per heavy atom. The highest BCUT2D eigenvalue weighted by atomic mass is 16.5. The highest BCUT2D eigenvalue weighted by Gasteiger charge is 2.10. The average molecular weight is 310 g/mol. The number of ether oxygens (including phenoxy) is 1. The lowest BCUT2D eigenvalue weighted by atomic mass is 9.90. The van der Waals surface area contributed by atoms with E-state index in [-0.39, 0.29) is 12.5 Å². The van der Waals surface area contributed by atoms with Gasteiger partial charge in [-0.15, -0.1) is 0 Å². The minimum absolute atomic E-state index is 0.0274. The van der Waals surface area contributed by atoms with Crippen LogP contribution in [0.2, 0.25) is 0 Å². The first-order valence-electron chi connectivity index (χ1n) is 8.25. The normalized spacial score (nSPS) is 15.8. The summed E-state index contributed by atoms with van der Waals surface area (Å²) in [7, 11) is 0. The van der Waals surface area contributed by atoms with Gasteiger partial charge in [0.05, 0.1) is 0 Å². The Labute approximate surface area is 136 Å². The van der Waals surface area contributed by atoms with Crippen LogP contribution in [0.4, 0.5) is 0 Å². The van der Waals surface area contributed by atoms with Crippen molar-refractivity contribution in [1.82, 2.24) is 5.43 Å². The van der Waals surface area contributed by atoms with Crippen molar-refractivity contribution in [3.05, 3.63) is 42.5 Å². The summed E-state index contributed by atoms with van der Waals surface area (Å²) >= 11 is 0. The van der Waals surface area contributed by atoms with E-state index in [2.05, 4.69) is 10.5 Å². The third-order valence-electron chi connectivity index (χ3n) is 4.22. The monoisotopic (exact) mass is 310 g/mol. The zero-order chi connectivity index (χ0) is 15.9. The summed E-state index contributed by atoms with van der Waals surface area (Å²) in [6.07, 6.45) is 8.05. The van der Waals surface area contributed by atoms with Crippen LogP contribution in [0.15, 0.2) is 47.6 Å². The van der Waals surface area contributed by atoms with Gasteiger partial charge in [-0.05, 0) is 41.7 Å². The number of rotatable bonds is 5. The van der Waals surface area contributed by atoms with Gasteiger partial charge in [-0.1, -0.05) is 49.6 Å². The molecule has 1 aliphatic carbocycles. The quantitative estimate of drug-likeness (QED) is 0.672. The fourth-order valence-electron chi connectivity index (χ4n) is 2.94. The first-order valence-corrected chi connectivity index (χ1v) is 8.25.